The first-order chi connectivity index (χ1) is 11.1. The number of methoxy groups -OCH3 is 3. The van der Waals surface area contributed by atoms with Crippen LogP contribution in [0.1, 0.15) is 18.5 Å². The van der Waals surface area contributed by atoms with Gasteiger partial charge in [0.05, 0.1) is 33.4 Å². The van der Waals surface area contributed by atoms with Crippen molar-refractivity contribution in [3.05, 3.63) is 36.2 Å². The molecule has 7 heteroatoms. The maximum atomic E-state index is 12.3. The van der Waals surface area contributed by atoms with E-state index in [0.717, 1.165) is 5.56 Å². The zero-order chi connectivity index (χ0) is 16.8. The number of carbonyl (C=O) groups excluding carboxylic acids is 1. The minimum absolute atomic E-state index is 0.145. The number of hydrogen-bond donors (Lipinski definition) is 1. The van der Waals surface area contributed by atoms with Gasteiger partial charge < -0.3 is 19.5 Å². The molecule has 23 heavy (non-hydrogen) atoms. The summed E-state index contributed by atoms with van der Waals surface area (Å²) in [7, 11) is 4.69. The molecule has 124 valence electrons. The van der Waals surface area contributed by atoms with Crippen LogP contribution in [0.5, 0.6) is 17.2 Å². The highest BCUT2D eigenvalue weighted by Gasteiger charge is 2.18. The number of carbonyl (C=O) groups is 1. The first-order valence-corrected chi connectivity index (χ1v) is 7.16. The van der Waals surface area contributed by atoms with E-state index in [1.807, 2.05) is 0 Å². The van der Waals surface area contributed by atoms with Gasteiger partial charge in [-0.2, -0.15) is 5.10 Å². The molecule has 0 radical (unpaired) electrons. The molecule has 0 aliphatic carbocycles. The molecular weight excluding hydrogens is 298 g/mol. The fourth-order valence-electron chi connectivity index (χ4n) is 2.21. The number of aromatic nitrogens is 2. The van der Waals surface area contributed by atoms with Crippen LogP contribution in [0.25, 0.3) is 0 Å². The van der Waals surface area contributed by atoms with Gasteiger partial charge in [0.25, 0.3) is 0 Å². The number of nitrogens with zero attached hydrogens (tertiary/aromatic N) is 2. The Morgan fingerprint density at radius 2 is 1.87 bits per heavy atom. The van der Waals surface area contributed by atoms with E-state index < -0.39 is 6.04 Å². The van der Waals surface area contributed by atoms with Crippen LogP contribution in [0, 0.1) is 0 Å². The second kappa shape index (κ2) is 7.53. The van der Waals surface area contributed by atoms with Gasteiger partial charge in [-0.1, -0.05) is 0 Å². The van der Waals surface area contributed by atoms with Gasteiger partial charge in [-0.3, -0.25) is 9.48 Å². The third-order valence-electron chi connectivity index (χ3n) is 3.56. The first-order valence-electron chi connectivity index (χ1n) is 7.16. The molecule has 1 aromatic heterocycles. The smallest absolute Gasteiger partial charge is 0.244 e. The molecule has 7 nitrogen and oxygen atoms in total. The van der Waals surface area contributed by atoms with Crippen molar-refractivity contribution in [2.45, 2.75) is 19.5 Å². The van der Waals surface area contributed by atoms with E-state index in [-0.39, 0.29) is 12.5 Å². The molecule has 1 amide bonds. The summed E-state index contributed by atoms with van der Waals surface area (Å²) in [6, 6.07) is 4.88. The molecule has 2 rings (SSSR count). The molecule has 0 fully saturated rings. The van der Waals surface area contributed by atoms with Crippen molar-refractivity contribution in [1.82, 2.24) is 15.1 Å². The minimum atomic E-state index is -0.403. The van der Waals surface area contributed by atoms with E-state index in [1.54, 1.807) is 63.5 Å². The highest BCUT2D eigenvalue weighted by Crippen LogP contribution is 2.33. The van der Waals surface area contributed by atoms with Crippen molar-refractivity contribution >= 4 is 5.91 Å². The van der Waals surface area contributed by atoms with Crippen LogP contribution in [-0.4, -0.2) is 37.0 Å². The monoisotopic (exact) mass is 319 g/mol. The Hall–Kier alpha value is -2.70. The summed E-state index contributed by atoms with van der Waals surface area (Å²) in [6.07, 6.45) is 3.39. The van der Waals surface area contributed by atoms with Crippen LogP contribution in [-0.2, 0) is 11.3 Å². The minimum Gasteiger partial charge on any atom is -0.496 e. The van der Waals surface area contributed by atoms with Crippen molar-refractivity contribution in [3.8, 4) is 17.2 Å². The van der Waals surface area contributed by atoms with E-state index in [1.165, 1.54) is 0 Å². The maximum absolute atomic E-state index is 12.3. The largest absolute Gasteiger partial charge is 0.496 e. The second-order valence-electron chi connectivity index (χ2n) is 4.89. The Labute approximate surface area is 135 Å². The van der Waals surface area contributed by atoms with Crippen LogP contribution in [0.3, 0.4) is 0 Å². The van der Waals surface area contributed by atoms with Crippen molar-refractivity contribution in [2.24, 2.45) is 0 Å². The maximum Gasteiger partial charge on any atom is 0.244 e. The Bertz CT molecular complexity index is 630. The van der Waals surface area contributed by atoms with Gasteiger partial charge in [0.2, 0.25) is 5.91 Å². The number of nitrogens with one attached hydrogen (secondary N) is 1. The van der Waals surface area contributed by atoms with Crippen molar-refractivity contribution in [2.75, 3.05) is 21.3 Å². The number of rotatable bonds is 7. The lowest BCUT2D eigenvalue weighted by atomic mass is 10.1. The predicted octanol–water partition coefficient (Wildman–Crippen LogP) is 1.79. The van der Waals surface area contributed by atoms with Crippen LogP contribution in [0.15, 0.2) is 30.6 Å². The van der Waals surface area contributed by atoms with Gasteiger partial charge in [-0.05, 0) is 13.0 Å². The molecule has 0 unspecified atom stereocenters. The third kappa shape index (κ3) is 3.74. The fraction of sp³-hybridized carbons (Fsp3) is 0.375. The summed E-state index contributed by atoms with van der Waals surface area (Å²) >= 11 is 0. The molecule has 1 N–H and O–H groups in total. The van der Waals surface area contributed by atoms with Crippen molar-refractivity contribution in [1.29, 1.82) is 0 Å². The van der Waals surface area contributed by atoms with Crippen LogP contribution in [0.2, 0.25) is 0 Å². The lowest BCUT2D eigenvalue weighted by molar-refractivity contribution is -0.124. The van der Waals surface area contributed by atoms with E-state index in [2.05, 4.69) is 10.4 Å². The van der Waals surface area contributed by atoms with Gasteiger partial charge in [0.15, 0.2) is 0 Å². The topological polar surface area (TPSA) is 74.6 Å². The predicted molar refractivity (Wildman–Crippen MR) is 84.9 cm³/mol. The zero-order valence-electron chi connectivity index (χ0n) is 13.7. The highest BCUT2D eigenvalue weighted by atomic mass is 16.5. The first kappa shape index (κ1) is 16.7. The van der Waals surface area contributed by atoms with E-state index in [0.29, 0.717) is 17.2 Å². The summed E-state index contributed by atoms with van der Waals surface area (Å²) in [5.41, 5.74) is 0.747. The average Bonchev–Trinajstić information content (AvgIpc) is 3.12. The summed E-state index contributed by atoms with van der Waals surface area (Å²) in [6.45, 7) is 2.06. The molecule has 0 saturated heterocycles. The summed E-state index contributed by atoms with van der Waals surface area (Å²) in [5, 5.41) is 6.95. The summed E-state index contributed by atoms with van der Waals surface area (Å²) in [4.78, 5) is 12.3. The number of benzene rings is 1. The van der Waals surface area contributed by atoms with E-state index in [4.69, 9.17) is 14.2 Å². The number of amides is 1. The molecule has 0 saturated carbocycles. The molecule has 0 bridgehead atoms. The lowest BCUT2D eigenvalue weighted by Crippen LogP contribution is -2.31. The molecule has 1 heterocycles. The summed E-state index contributed by atoms with van der Waals surface area (Å²) < 4.78 is 17.5. The van der Waals surface area contributed by atoms with Crippen molar-refractivity contribution in [3.63, 3.8) is 0 Å². The Morgan fingerprint density at radius 3 is 2.35 bits per heavy atom. The average molecular weight is 319 g/mol. The standard InChI is InChI=1S/C16H21N3O4/c1-11(19-7-5-6-18-19)16(20)17-10-13-14(22-3)8-12(21-2)9-15(13)23-4/h5-9,11H,10H2,1-4H3,(H,17,20)/t11-/m1/s1. The quantitative estimate of drug-likeness (QED) is 0.842. The Kier molecular flexibility index (Phi) is 5.46. The summed E-state index contributed by atoms with van der Waals surface area (Å²) in [5.74, 6) is 1.66. The fourth-order valence-corrected chi connectivity index (χ4v) is 2.21. The third-order valence-corrected chi connectivity index (χ3v) is 3.56. The Balaban J connectivity index is 2.14. The van der Waals surface area contributed by atoms with Gasteiger partial charge >= 0.3 is 0 Å². The van der Waals surface area contributed by atoms with Gasteiger partial charge in [0.1, 0.15) is 23.3 Å². The highest BCUT2D eigenvalue weighted by molar-refractivity contribution is 5.79. The molecule has 1 atom stereocenters. The molecule has 0 aliphatic heterocycles. The number of ether oxygens (including phenoxy) is 3. The van der Waals surface area contributed by atoms with Crippen LogP contribution < -0.4 is 19.5 Å². The zero-order valence-corrected chi connectivity index (χ0v) is 13.7. The van der Waals surface area contributed by atoms with Crippen LogP contribution >= 0.6 is 0 Å². The van der Waals surface area contributed by atoms with E-state index in [9.17, 15) is 4.79 Å². The SMILES string of the molecule is COc1cc(OC)c(CNC(=O)[C@@H](C)n2cccn2)c(OC)c1. The van der Waals surface area contributed by atoms with Gasteiger partial charge in [0, 0.05) is 24.5 Å². The second-order valence-corrected chi connectivity index (χ2v) is 4.89. The molecule has 0 spiro atoms. The van der Waals surface area contributed by atoms with Crippen molar-refractivity contribution < 1.29 is 19.0 Å². The van der Waals surface area contributed by atoms with Gasteiger partial charge in [-0.15, -0.1) is 0 Å². The van der Waals surface area contributed by atoms with E-state index >= 15 is 0 Å². The normalized spacial score (nSPS) is 11.7. The van der Waals surface area contributed by atoms with Gasteiger partial charge in [-0.25, -0.2) is 0 Å². The lowest BCUT2D eigenvalue weighted by Gasteiger charge is -2.17. The molecular formula is C16H21N3O4. The molecule has 2 aromatic rings. The molecule has 0 aliphatic rings. The molecule has 1 aromatic carbocycles. The Morgan fingerprint density at radius 1 is 1.22 bits per heavy atom. The van der Waals surface area contributed by atoms with Crippen LogP contribution in [0.4, 0.5) is 0 Å². The number of hydrogen-bond acceptors (Lipinski definition) is 5.